The Morgan fingerprint density at radius 1 is 1.27 bits per heavy atom. The number of nitrogens with zero attached hydrogens (tertiary/aromatic N) is 3. The molecule has 0 aliphatic heterocycles. The topological polar surface area (TPSA) is 59.3 Å². The first-order chi connectivity index (χ1) is 10.7. The molecule has 0 saturated heterocycles. The summed E-state index contributed by atoms with van der Waals surface area (Å²) in [4.78, 5) is 17.9. The van der Waals surface area contributed by atoms with Gasteiger partial charge in [0.2, 0.25) is 4.96 Å². The molecule has 114 valence electrons. The van der Waals surface area contributed by atoms with Crippen LogP contribution in [-0.2, 0) is 12.8 Å². The summed E-state index contributed by atoms with van der Waals surface area (Å²) in [6, 6.07) is 6.14. The van der Waals surface area contributed by atoms with Crippen LogP contribution in [0.3, 0.4) is 0 Å². The second kappa shape index (κ2) is 5.88. The van der Waals surface area contributed by atoms with Crippen molar-refractivity contribution in [3.63, 3.8) is 0 Å². The molecule has 5 nitrogen and oxygen atoms in total. The van der Waals surface area contributed by atoms with Gasteiger partial charge in [0.15, 0.2) is 5.69 Å². The molecule has 22 heavy (non-hydrogen) atoms. The fourth-order valence-corrected chi connectivity index (χ4v) is 3.29. The number of aromatic nitrogens is 3. The van der Waals surface area contributed by atoms with Gasteiger partial charge in [-0.25, -0.2) is 4.98 Å². The molecule has 6 heteroatoms. The summed E-state index contributed by atoms with van der Waals surface area (Å²) < 4.78 is 1.61. The SMILES string of the molecule is CCc1cccc(CC)c1NC(=O)c1c(C)nc2scnn12. The van der Waals surface area contributed by atoms with Crippen molar-refractivity contribution < 1.29 is 4.79 Å². The Bertz CT molecular complexity index is 812. The van der Waals surface area contributed by atoms with Crippen LogP contribution in [0.25, 0.3) is 4.96 Å². The monoisotopic (exact) mass is 314 g/mol. The van der Waals surface area contributed by atoms with Gasteiger partial charge in [-0.3, -0.25) is 4.79 Å². The molecule has 0 fully saturated rings. The smallest absolute Gasteiger partial charge is 0.276 e. The molecule has 1 aromatic carbocycles. The van der Waals surface area contributed by atoms with Crippen LogP contribution in [0, 0.1) is 6.92 Å². The molecule has 1 amide bonds. The quantitative estimate of drug-likeness (QED) is 0.802. The Balaban J connectivity index is 2.01. The highest BCUT2D eigenvalue weighted by atomic mass is 32.1. The van der Waals surface area contributed by atoms with Crippen molar-refractivity contribution in [1.82, 2.24) is 14.6 Å². The minimum atomic E-state index is -0.161. The van der Waals surface area contributed by atoms with Crippen molar-refractivity contribution in [3.8, 4) is 0 Å². The van der Waals surface area contributed by atoms with E-state index in [0.717, 1.165) is 34.6 Å². The van der Waals surface area contributed by atoms with Crippen molar-refractivity contribution >= 4 is 27.9 Å². The minimum Gasteiger partial charge on any atom is -0.320 e. The third-order valence-corrected chi connectivity index (χ3v) is 4.45. The number of anilines is 1. The fourth-order valence-electron chi connectivity index (χ4n) is 2.63. The van der Waals surface area contributed by atoms with E-state index in [0.29, 0.717) is 11.4 Å². The first kappa shape index (κ1) is 14.7. The van der Waals surface area contributed by atoms with Crippen molar-refractivity contribution in [3.05, 3.63) is 46.2 Å². The summed E-state index contributed by atoms with van der Waals surface area (Å²) in [7, 11) is 0. The Kier molecular flexibility index (Phi) is 3.94. The maximum absolute atomic E-state index is 12.7. The van der Waals surface area contributed by atoms with E-state index in [9.17, 15) is 4.79 Å². The van der Waals surface area contributed by atoms with Crippen LogP contribution in [0.15, 0.2) is 23.7 Å². The summed E-state index contributed by atoms with van der Waals surface area (Å²) in [6.07, 6.45) is 1.75. The number of fused-ring (bicyclic) bond motifs is 1. The van der Waals surface area contributed by atoms with E-state index < -0.39 is 0 Å². The second-order valence-corrected chi connectivity index (χ2v) is 5.90. The average molecular weight is 314 g/mol. The predicted octanol–water partition coefficient (Wildman–Crippen LogP) is 3.48. The van der Waals surface area contributed by atoms with Gasteiger partial charge in [-0.15, -0.1) is 0 Å². The van der Waals surface area contributed by atoms with Crippen LogP contribution in [0.2, 0.25) is 0 Å². The molecule has 0 bridgehead atoms. The summed E-state index contributed by atoms with van der Waals surface area (Å²) in [5.74, 6) is -0.161. The van der Waals surface area contributed by atoms with Crippen LogP contribution < -0.4 is 5.32 Å². The largest absolute Gasteiger partial charge is 0.320 e. The zero-order chi connectivity index (χ0) is 15.7. The number of hydrogen-bond donors (Lipinski definition) is 1. The van der Waals surface area contributed by atoms with Crippen molar-refractivity contribution in [1.29, 1.82) is 0 Å². The highest BCUT2D eigenvalue weighted by Gasteiger charge is 2.20. The van der Waals surface area contributed by atoms with Crippen molar-refractivity contribution in [2.75, 3.05) is 5.32 Å². The molecule has 0 aliphatic rings. The maximum Gasteiger partial charge on any atom is 0.276 e. The van der Waals surface area contributed by atoms with Gasteiger partial charge in [0.25, 0.3) is 5.91 Å². The van der Waals surface area contributed by atoms with E-state index in [2.05, 4.69) is 41.4 Å². The molecular weight excluding hydrogens is 296 g/mol. The van der Waals surface area contributed by atoms with Gasteiger partial charge < -0.3 is 5.32 Å². The Hall–Kier alpha value is -2.21. The number of aryl methyl sites for hydroxylation is 3. The molecule has 0 atom stereocenters. The molecule has 2 heterocycles. The molecule has 0 saturated carbocycles. The minimum absolute atomic E-state index is 0.161. The van der Waals surface area contributed by atoms with Crippen LogP contribution in [0.4, 0.5) is 5.69 Å². The molecule has 2 aromatic heterocycles. The molecule has 0 aliphatic carbocycles. The predicted molar refractivity (Wildman–Crippen MR) is 88.8 cm³/mol. The Morgan fingerprint density at radius 2 is 1.95 bits per heavy atom. The molecule has 3 rings (SSSR count). The average Bonchev–Trinajstić information content (AvgIpc) is 3.06. The number of hydrogen-bond acceptors (Lipinski definition) is 4. The van der Waals surface area contributed by atoms with E-state index in [-0.39, 0.29) is 5.91 Å². The normalized spacial score (nSPS) is 11.0. The Labute approximate surface area is 133 Å². The van der Waals surface area contributed by atoms with Gasteiger partial charge in [0.1, 0.15) is 5.51 Å². The first-order valence-corrected chi connectivity index (χ1v) is 8.24. The van der Waals surface area contributed by atoms with E-state index in [4.69, 9.17) is 0 Å². The zero-order valence-electron chi connectivity index (χ0n) is 12.9. The maximum atomic E-state index is 12.7. The number of amides is 1. The van der Waals surface area contributed by atoms with Crippen LogP contribution in [0.1, 0.15) is 41.2 Å². The lowest BCUT2D eigenvalue weighted by molar-refractivity contribution is 0.101. The van der Waals surface area contributed by atoms with E-state index in [1.165, 1.54) is 11.3 Å². The standard InChI is InChI=1S/C16H18N4OS/c1-4-11-7-6-8-12(5-2)13(11)19-15(21)14-10(3)18-16-20(14)17-9-22-16/h6-9H,4-5H2,1-3H3,(H,19,21). The fraction of sp³-hybridized carbons (Fsp3) is 0.312. The lowest BCUT2D eigenvalue weighted by Gasteiger charge is -2.14. The van der Waals surface area contributed by atoms with Crippen molar-refractivity contribution in [2.45, 2.75) is 33.6 Å². The highest BCUT2D eigenvalue weighted by molar-refractivity contribution is 7.14. The number of carbonyl (C=O) groups excluding carboxylic acids is 1. The molecule has 1 N–H and O–H groups in total. The number of rotatable bonds is 4. The zero-order valence-corrected chi connectivity index (χ0v) is 13.7. The molecule has 0 spiro atoms. The van der Waals surface area contributed by atoms with Gasteiger partial charge in [-0.2, -0.15) is 9.61 Å². The number of para-hydroxylation sites is 1. The third-order valence-electron chi connectivity index (χ3n) is 3.77. The molecule has 0 radical (unpaired) electrons. The number of carbonyl (C=O) groups is 1. The lowest BCUT2D eigenvalue weighted by Crippen LogP contribution is -2.18. The highest BCUT2D eigenvalue weighted by Crippen LogP contribution is 2.24. The third kappa shape index (κ3) is 2.39. The van der Waals surface area contributed by atoms with Gasteiger partial charge in [0.05, 0.1) is 5.69 Å². The number of imidazole rings is 1. The van der Waals surface area contributed by atoms with Crippen LogP contribution in [0.5, 0.6) is 0 Å². The summed E-state index contributed by atoms with van der Waals surface area (Å²) in [5, 5.41) is 7.27. The van der Waals surface area contributed by atoms with Gasteiger partial charge >= 0.3 is 0 Å². The van der Waals surface area contributed by atoms with E-state index >= 15 is 0 Å². The van der Waals surface area contributed by atoms with Gasteiger partial charge in [0, 0.05) is 5.69 Å². The van der Waals surface area contributed by atoms with Gasteiger partial charge in [-0.05, 0) is 30.9 Å². The van der Waals surface area contributed by atoms with Crippen molar-refractivity contribution in [2.24, 2.45) is 0 Å². The van der Waals surface area contributed by atoms with Crippen LogP contribution >= 0.6 is 11.3 Å². The summed E-state index contributed by atoms with van der Waals surface area (Å²) >= 11 is 1.42. The van der Waals surface area contributed by atoms with Gasteiger partial charge in [-0.1, -0.05) is 43.4 Å². The van der Waals surface area contributed by atoms with E-state index in [1.807, 2.05) is 13.0 Å². The van der Waals surface area contributed by atoms with Crippen LogP contribution in [-0.4, -0.2) is 20.5 Å². The second-order valence-electron chi connectivity index (χ2n) is 5.09. The molecule has 3 aromatic rings. The summed E-state index contributed by atoms with van der Waals surface area (Å²) in [6.45, 7) is 6.02. The van der Waals surface area contributed by atoms with E-state index in [1.54, 1.807) is 10.0 Å². The Morgan fingerprint density at radius 3 is 2.59 bits per heavy atom. The molecular formula is C16H18N4OS. The lowest BCUT2D eigenvalue weighted by atomic mass is 10.0. The number of benzene rings is 1. The molecule has 0 unspecified atom stereocenters. The first-order valence-electron chi connectivity index (χ1n) is 7.36. The summed E-state index contributed by atoms with van der Waals surface area (Å²) in [5.41, 5.74) is 6.10. The number of nitrogens with one attached hydrogen (secondary N) is 1.